The van der Waals surface area contributed by atoms with Gasteiger partial charge in [0.15, 0.2) is 0 Å². The van der Waals surface area contributed by atoms with Crippen molar-refractivity contribution in [2.45, 2.75) is 11.4 Å². The van der Waals surface area contributed by atoms with E-state index in [1.165, 1.54) is 18.5 Å². The third kappa shape index (κ3) is 3.19. The second-order valence-corrected chi connectivity index (χ2v) is 7.41. The van der Waals surface area contributed by atoms with Gasteiger partial charge in [0.05, 0.1) is 6.54 Å². The molecule has 0 bridgehead atoms. The topological polar surface area (TPSA) is 103 Å². The number of sulfonamides is 1. The molecule has 0 amide bonds. The first-order valence-corrected chi connectivity index (χ1v) is 8.45. The fraction of sp³-hybridized carbons (Fsp3) is 0.200. The largest absolute Gasteiger partial charge is 0.399 e. The van der Waals surface area contributed by atoms with Crippen molar-refractivity contribution in [3.8, 4) is 0 Å². The molecule has 3 N–H and O–H groups in total. The number of hydrogen-bond acceptors (Lipinski definition) is 5. The monoisotopic (exact) mass is 423 g/mol. The number of nitrogens with one attached hydrogen (secondary N) is 1. The lowest BCUT2D eigenvalue weighted by Crippen LogP contribution is -2.25. The van der Waals surface area contributed by atoms with Crippen LogP contribution in [0.3, 0.4) is 0 Å². The van der Waals surface area contributed by atoms with Crippen molar-refractivity contribution in [2.75, 3.05) is 5.73 Å². The Morgan fingerprint density at radius 3 is 2.45 bits per heavy atom. The highest BCUT2D eigenvalue weighted by atomic mass is 79.9. The minimum Gasteiger partial charge on any atom is -0.399 e. The lowest BCUT2D eigenvalue weighted by Gasteiger charge is -2.11. The molecule has 10 heteroatoms. The number of nitrogens with two attached hydrogens (primary N) is 1. The number of nitrogens with zero attached hydrogens (tertiary/aromatic N) is 3. The van der Waals surface area contributed by atoms with Gasteiger partial charge in [-0.3, -0.25) is 0 Å². The standard InChI is InChI=1S/C10H11Br2N5O2S/c1-17-5-14-16-9(17)4-15-20(18,19)10-7(11)2-6(13)3-8(10)12/h2-3,5,15H,4,13H2,1H3. The van der Waals surface area contributed by atoms with Crippen LogP contribution in [-0.2, 0) is 23.6 Å². The van der Waals surface area contributed by atoms with E-state index in [4.69, 9.17) is 5.73 Å². The summed E-state index contributed by atoms with van der Waals surface area (Å²) < 4.78 is 29.5. The van der Waals surface area contributed by atoms with Crippen LogP contribution >= 0.6 is 31.9 Å². The first kappa shape index (κ1) is 15.4. The van der Waals surface area contributed by atoms with Gasteiger partial charge < -0.3 is 10.3 Å². The first-order chi connectivity index (χ1) is 9.31. The molecule has 2 rings (SSSR count). The van der Waals surface area contributed by atoms with Gasteiger partial charge >= 0.3 is 0 Å². The molecule has 20 heavy (non-hydrogen) atoms. The smallest absolute Gasteiger partial charge is 0.243 e. The minimum absolute atomic E-state index is 0.0437. The third-order valence-electron chi connectivity index (χ3n) is 2.51. The van der Waals surface area contributed by atoms with Gasteiger partial charge in [0, 0.05) is 21.7 Å². The molecule has 0 aliphatic carbocycles. The normalized spacial score (nSPS) is 11.8. The summed E-state index contributed by atoms with van der Waals surface area (Å²) in [5.74, 6) is 0.510. The van der Waals surface area contributed by atoms with E-state index in [1.807, 2.05) is 0 Å². The Balaban J connectivity index is 2.30. The summed E-state index contributed by atoms with van der Waals surface area (Å²) >= 11 is 6.41. The summed E-state index contributed by atoms with van der Waals surface area (Å²) in [6, 6.07) is 3.06. The number of nitrogen functional groups attached to an aromatic ring is 1. The Morgan fingerprint density at radius 2 is 1.95 bits per heavy atom. The van der Waals surface area contributed by atoms with Crippen LogP contribution in [0.1, 0.15) is 5.82 Å². The van der Waals surface area contributed by atoms with E-state index in [-0.39, 0.29) is 11.4 Å². The van der Waals surface area contributed by atoms with Crippen molar-refractivity contribution in [1.82, 2.24) is 19.5 Å². The molecule has 0 atom stereocenters. The predicted molar refractivity (Wildman–Crippen MR) is 81.3 cm³/mol. The van der Waals surface area contributed by atoms with Gasteiger partial charge in [-0.1, -0.05) is 0 Å². The molecule has 0 fully saturated rings. The number of halogens is 2. The van der Waals surface area contributed by atoms with Gasteiger partial charge in [-0.05, 0) is 44.0 Å². The lowest BCUT2D eigenvalue weighted by molar-refractivity contribution is 0.576. The Bertz CT molecular complexity index is 721. The van der Waals surface area contributed by atoms with Crippen LogP contribution in [0.4, 0.5) is 5.69 Å². The quantitative estimate of drug-likeness (QED) is 0.722. The Kier molecular flexibility index (Phi) is 4.47. The summed E-state index contributed by atoms with van der Waals surface area (Å²) in [6.45, 7) is 0.0437. The lowest BCUT2D eigenvalue weighted by atomic mass is 10.3. The molecule has 1 aromatic carbocycles. The molecule has 0 aliphatic rings. The minimum atomic E-state index is -3.71. The predicted octanol–water partition coefficient (Wildman–Crippen LogP) is 1.40. The summed E-state index contributed by atoms with van der Waals surface area (Å²) in [6.07, 6.45) is 1.50. The van der Waals surface area contributed by atoms with Gasteiger partial charge in [-0.25, -0.2) is 13.1 Å². The number of rotatable bonds is 4. The Hall–Kier alpha value is -0.970. The van der Waals surface area contributed by atoms with Crippen molar-refractivity contribution >= 4 is 47.6 Å². The van der Waals surface area contributed by atoms with Gasteiger partial charge in [-0.2, -0.15) is 0 Å². The molecule has 1 aromatic heterocycles. The maximum absolute atomic E-state index is 12.3. The van der Waals surface area contributed by atoms with Crippen LogP contribution in [-0.4, -0.2) is 23.2 Å². The highest BCUT2D eigenvalue weighted by Crippen LogP contribution is 2.32. The molecule has 0 aliphatic heterocycles. The van der Waals surface area contributed by atoms with E-state index < -0.39 is 10.0 Å². The van der Waals surface area contributed by atoms with Gasteiger partial charge in [-0.15, -0.1) is 10.2 Å². The second-order valence-electron chi connectivity index (χ2n) is 4.00. The summed E-state index contributed by atoms with van der Waals surface area (Å²) in [5, 5.41) is 7.50. The van der Waals surface area contributed by atoms with E-state index in [9.17, 15) is 8.42 Å². The highest BCUT2D eigenvalue weighted by molar-refractivity contribution is 9.11. The van der Waals surface area contributed by atoms with E-state index in [2.05, 4.69) is 46.8 Å². The van der Waals surface area contributed by atoms with Crippen LogP contribution < -0.4 is 10.5 Å². The second kappa shape index (κ2) is 5.80. The average molecular weight is 425 g/mol. The van der Waals surface area contributed by atoms with E-state index in [0.717, 1.165) is 0 Å². The fourth-order valence-corrected chi connectivity index (χ4v) is 5.13. The Labute approximate surface area is 132 Å². The molecule has 0 saturated heterocycles. The third-order valence-corrected chi connectivity index (χ3v) is 5.79. The number of anilines is 1. The maximum atomic E-state index is 12.3. The molecule has 0 saturated carbocycles. The van der Waals surface area contributed by atoms with Crippen LogP contribution in [0.5, 0.6) is 0 Å². The first-order valence-electron chi connectivity index (χ1n) is 5.38. The SMILES string of the molecule is Cn1cnnc1CNS(=O)(=O)c1c(Br)cc(N)cc1Br. The molecule has 108 valence electrons. The molecule has 0 radical (unpaired) electrons. The number of benzene rings is 1. The van der Waals surface area contributed by atoms with Crippen LogP contribution in [0.25, 0.3) is 0 Å². The number of aryl methyl sites for hydroxylation is 1. The van der Waals surface area contributed by atoms with Crippen molar-refractivity contribution in [2.24, 2.45) is 7.05 Å². The Morgan fingerprint density at radius 1 is 1.35 bits per heavy atom. The fourth-order valence-electron chi connectivity index (χ4n) is 1.54. The summed E-state index contributed by atoms with van der Waals surface area (Å²) in [5.41, 5.74) is 6.10. The number of aromatic nitrogens is 3. The van der Waals surface area contributed by atoms with Crippen molar-refractivity contribution in [3.63, 3.8) is 0 Å². The van der Waals surface area contributed by atoms with E-state index in [1.54, 1.807) is 11.6 Å². The van der Waals surface area contributed by atoms with Crippen molar-refractivity contribution in [3.05, 3.63) is 33.2 Å². The molecule has 0 unspecified atom stereocenters. The van der Waals surface area contributed by atoms with E-state index >= 15 is 0 Å². The molecular weight excluding hydrogens is 414 g/mol. The van der Waals surface area contributed by atoms with Crippen molar-refractivity contribution in [1.29, 1.82) is 0 Å². The number of hydrogen-bond donors (Lipinski definition) is 2. The highest BCUT2D eigenvalue weighted by Gasteiger charge is 2.22. The summed E-state index contributed by atoms with van der Waals surface area (Å²) in [7, 11) is -1.98. The zero-order valence-electron chi connectivity index (χ0n) is 10.3. The van der Waals surface area contributed by atoms with Crippen LogP contribution in [0.15, 0.2) is 32.3 Å². The molecule has 1 heterocycles. The van der Waals surface area contributed by atoms with Crippen LogP contribution in [0, 0.1) is 0 Å². The maximum Gasteiger partial charge on any atom is 0.243 e. The van der Waals surface area contributed by atoms with E-state index in [0.29, 0.717) is 20.5 Å². The zero-order chi connectivity index (χ0) is 14.9. The van der Waals surface area contributed by atoms with Crippen molar-refractivity contribution < 1.29 is 8.42 Å². The molecule has 7 nitrogen and oxygen atoms in total. The molecule has 0 spiro atoms. The van der Waals surface area contributed by atoms with Gasteiger partial charge in [0.2, 0.25) is 10.0 Å². The zero-order valence-corrected chi connectivity index (χ0v) is 14.3. The molecule has 2 aromatic rings. The molecular formula is C10H11Br2N5O2S. The van der Waals surface area contributed by atoms with Gasteiger partial charge in [0.1, 0.15) is 17.0 Å². The summed E-state index contributed by atoms with van der Waals surface area (Å²) in [4.78, 5) is 0.0915. The van der Waals surface area contributed by atoms with Crippen LogP contribution in [0.2, 0.25) is 0 Å². The average Bonchev–Trinajstić information content (AvgIpc) is 2.70. The van der Waals surface area contributed by atoms with Gasteiger partial charge in [0.25, 0.3) is 0 Å².